The Hall–Kier alpha value is -2.13. The van der Waals surface area contributed by atoms with Gasteiger partial charge >= 0.3 is 5.97 Å². The molecule has 8 nitrogen and oxygen atoms in total. The number of sulfonamides is 1. The van der Waals surface area contributed by atoms with E-state index in [9.17, 15) is 18.0 Å². The Morgan fingerprint density at radius 1 is 1.33 bits per heavy atom. The number of carbonyl (C=O) groups is 2. The average molecular weight is 356 g/mol. The average Bonchev–Trinajstić information content (AvgIpc) is 2.53. The summed E-state index contributed by atoms with van der Waals surface area (Å²) in [6.45, 7) is 0.867. The molecule has 1 fully saturated rings. The maximum atomic E-state index is 12.6. The number of carbonyl (C=O) groups excluding carboxylic acids is 1. The zero-order chi connectivity index (χ0) is 17.9. The molecule has 1 aromatic carbocycles. The molecular formula is C15H20N2O6S. The quantitative estimate of drug-likeness (QED) is 0.819. The monoisotopic (exact) mass is 356 g/mol. The number of ether oxygens (including phenoxy) is 1. The van der Waals surface area contributed by atoms with Crippen molar-refractivity contribution < 1.29 is 27.9 Å². The van der Waals surface area contributed by atoms with Crippen molar-refractivity contribution in [2.24, 2.45) is 0 Å². The number of aliphatic carboxylic acids is 1. The van der Waals surface area contributed by atoms with E-state index < -0.39 is 22.0 Å². The van der Waals surface area contributed by atoms with E-state index in [4.69, 9.17) is 9.84 Å². The molecule has 24 heavy (non-hydrogen) atoms. The van der Waals surface area contributed by atoms with Crippen molar-refractivity contribution in [1.29, 1.82) is 0 Å². The van der Waals surface area contributed by atoms with Gasteiger partial charge in [0.1, 0.15) is 0 Å². The molecule has 1 aromatic rings. The Kier molecular flexibility index (Phi) is 5.45. The van der Waals surface area contributed by atoms with Crippen LogP contribution in [-0.2, 0) is 19.6 Å². The number of nitrogens with zero attached hydrogens (tertiary/aromatic N) is 2. The molecule has 9 heteroatoms. The fourth-order valence-electron chi connectivity index (χ4n) is 2.46. The lowest BCUT2D eigenvalue weighted by Gasteiger charge is -2.35. The molecule has 1 heterocycles. The summed E-state index contributed by atoms with van der Waals surface area (Å²) in [4.78, 5) is 25.0. The van der Waals surface area contributed by atoms with Crippen molar-refractivity contribution in [3.8, 4) is 0 Å². The smallest absolute Gasteiger partial charge is 0.305 e. The summed E-state index contributed by atoms with van der Waals surface area (Å²) in [6, 6.07) is 5.64. The van der Waals surface area contributed by atoms with E-state index in [0.29, 0.717) is 24.4 Å². The lowest BCUT2D eigenvalue weighted by Crippen LogP contribution is -2.49. The van der Waals surface area contributed by atoms with E-state index in [2.05, 4.69) is 0 Å². The highest BCUT2D eigenvalue weighted by atomic mass is 32.2. The first-order valence-electron chi connectivity index (χ1n) is 7.34. The van der Waals surface area contributed by atoms with Gasteiger partial charge in [0.15, 0.2) is 0 Å². The second-order valence-electron chi connectivity index (χ2n) is 5.60. The van der Waals surface area contributed by atoms with Crippen LogP contribution in [0.25, 0.3) is 0 Å². The van der Waals surface area contributed by atoms with Crippen LogP contribution >= 0.6 is 0 Å². The molecule has 0 aliphatic carbocycles. The van der Waals surface area contributed by atoms with Crippen LogP contribution in [0.5, 0.6) is 0 Å². The molecule has 0 bridgehead atoms. The van der Waals surface area contributed by atoms with Gasteiger partial charge in [-0.25, -0.2) is 8.42 Å². The van der Waals surface area contributed by atoms with Gasteiger partial charge in [0.2, 0.25) is 10.0 Å². The van der Waals surface area contributed by atoms with Crippen LogP contribution in [0, 0.1) is 0 Å². The van der Waals surface area contributed by atoms with Gasteiger partial charge < -0.3 is 14.7 Å². The number of anilines is 1. The molecule has 132 valence electrons. The summed E-state index contributed by atoms with van der Waals surface area (Å²) in [5.41, 5.74) is 0.816. The maximum Gasteiger partial charge on any atom is 0.305 e. The Morgan fingerprint density at radius 2 is 1.96 bits per heavy atom. The molecule has 1 aliphatic heterocycles. The molecule has 0 aromatic heterocycles. The molecular weight excluding hydrogens is 336 g/mol. The molecule has 1 N–H and O–H groups in total. The highest BCUT2D eigenvalue weighted by Crippen LogP contribution is 2.19. The standard InChI is InChI=1S/C15H20N2O6S/c1-16(24(2,21)22)12-5-3-11(4-6-12)15(20)17-7-8-23-10-13(17)9-14(18)19/h3-6,13H,7-10H2,1-2H3,(H,18,19)/t13-/m0/s1. The van der Waals surface area contributed by atoms with Gasteiger partial charge in [0.25, 0.3) is 5.91 Å². The SMILES string of the molecule is CN(c1ccc(C(=O)N2CCOC[C@@H]2CC(=O)O)cc1)S(C)(=O)=O. The van der Waals surface area contributed by atoms with Crippen LogP contribution in [-0.4, -0.2) is 69.4 Å². The zero-order valence-electron chi connectivity index (χ0n) is 13.5. The van der Waals surface area contributed by atoms with Crippen molar-refractivity contribution >= 4 is 27.6 Å². The Morgan fingerprint density at radius 3 is 2.50 bits per heavy atom. The van der Waals surface area contributed by atoms with Crippen LogP contribution in [0.15, 0.2) is 24.3 Å². The number of benzene rings is 1. The van der Waals surface area contributed by atoms with Crippen LogP contribution in [0.1, 0.15) is 16.8 Å². The minimum Gasteiger partial charge on any atom is -0.481 e. The lowest BCUT2D eigenvalue weighted by atomic mass is 10.1. The maximum absolute atomic E-state index is 12.6. The first-order chi connectivity index (χ1) is 11.2. The highest BCUT2D eigenvalue weighted by molar-refractivity contribution is 7.92. The first-order valence-corrected chi connectivity index (χ1v) is 9.19. The van der Waals surface area contributed by atoms with Crippen LogP contribution in [0.2, 0.25) is 0 Å². The van der Waals surface area contributed by atoms with Crippen molar-refractivity contribution in [2.45, 2.75) is 12.5 Å². The number of morpholine rings is 1. The van der Waals surface area contributed by atoms with Crippen LogP contribution in [0.4, 0.5) is 5.69 Å². The molecule has 2 rings (SSSR count). The fourth-order valence-corrected chi connectivity index (χ4v) is 2.97. The van der Waals surface area contributed by atoms with Gasteiger partial charge in [-0.1, -0.05) is 0 Å². The summed E-state index contributed by atoms with van der Waals surface area (Å²) in [7, 11) is -1.95. The number of hydrogen-bond donors (Lipinski definition) is 1. The molecule has 1 saturated heterocycles. The number of hydrogen-bond acceptors (Lipinski definition) is 5. The molecule has 0 radical (unpaired) electrons. The summed E-state index contributed by atoms with van der Waals surface area (Å²) in [6.07, 6.45) is 0.914. The largest absolute Gasteiger partial charge is 0.481 e. The third-order valence-electron chi connectivity index (χ3n) is 3.87. The minimum atomic E-state index is -3.38. The normalized spacial score (nSPS) is 18.2. The molecule has 1 aliphatic rings. The topological polar surface area (TPSA) is 104 Å². The fraction of sp³-hybridized carbons (Fsp3) is 0.467. The Balaban J connectivity index is 2.18. The molecule has 0 saturated carbocycles. The van der Waals surface area contributed by atoms with Crippen molar-refractivity contribution in [3.05, 3.63) is 29.8 Å². The lowest BCUT2D eigenvalue weighted by molar-refractivity contribution is -0.139. The van der Waals surface area contributed by atoms with E-state index >= 15 is 0 Å². The van der Waals surface area contributed by atoms with Crippen molar-refractivity contribution in [1.82, 2.24) is 4.90 Å². The summed E-state index contributed by atoms with van der Waals surface area (Å²) < 4.78 is 29.4. The number of carboxylic acid groups (broad SMARTS) is 1. The van der Waals surface area contributed by atoms with Crippen molar-refractivity contribution in [2.75, 3.05) is 37.4 Å². The molecule has 0 spiro atoms. The van der Waals surface area contributed by atoms with E-state index in [1.54, 1.807) is 12.1 Å². The van der Waals surface area contributed by atoms with Gasteiger partial charge in [-0.05, 0) is 24.3 Å². The predicted octanol–water partition coefficient (Wildman–Crippen LogP) is 0.398. The van der Waals surface area contributed by atoms with Gasteiger partial charge in [0.05, 0.1) is 37.6 Å². The second-order valence-corrected chi connectivity index (χ2v) is 7.62. The summed E-state index contributed by atoms with van der Waals surface area (Å²) >= 11 is 0. The summed E-state index contributed by atoms with van der Waals surface area (Å²) in [5, 5.41) is 8.95. The van der Waals surface area contributed by atoms with Gasteiger partial charge in [-0.2, -0.15) is 0 Å². The highest BCUT2D eigenvalue weighted by Gasteiger charge is 2.29. The van der Waals surface area contributed by atoms with E-state index in [0.717, 1.165) is 10.6 Å². The van der Waals surface area contributed by atoms with Gasteiger partial charge in [-0.3, -0.25) is 13.9 Å². The third-order valence-corrected chi connectivity index (χ3v) is 5.08. The number of rotatable bonds is 5. The van der Waals surface area contributed by atoms with E-state index in [-0.39, 0.29) is 18.9 Å². The second kappa shape index (κ2) is 7.18. The Labute approximate surface area is 140 Å². The van der Waals surface area contributed by atoms with Gasteiger partial charge in [0, 0.05) is 19.2 Å². The Bertz CT molecular complexity index is 716. The molecule has 1 amide bonds. The van der Waals surface area contributed by atoms with Crippen LogP contribution < -0.4 is 4.31 Å². The third kappa shape index (κ3) is 4.24. The molecule has 1 atom stereocenters. The number of amides is 1. The van der Waals surface area contributed by atoms with Gasteiger partial charge in [-0.15, -0.1) is 0 Å². The van der Waals surface area contributed by atoms with E-state index in [1.807, 2.05) is 0 Å². The van der Waals surface area contributed by atoms with E-state index in [1.165, 1.54) is 24.1 Å². The zero-order valence-corrected chi connectivity index (χ0v) is 14.3. The summed E-state index contributed by atoms with van der Waals surface area (Å²) in [5.74, 6) is -1.29. The van der Waals surface area contributed by atoms with Crippen molar-refractivity contribution in [3.63, 3.8) is 0 Å². The van der Waals surface area contributed by atoms with Crippen LogP contribution in [0.3, 0.4) is 0 Å². The minimum absolute atomic E-state index is 0.180. The first kappa shape index (κ1) is 18.2. The predicted molar refractivity (Wildman–Crippen MR) is 87.6 cm³/mol. The number of carboxylic acids is 1. The molecule has 0 unspecified atom stereocenters.